The fourth-order valence-electron chi connectivity index (χ4n) is 2.02. The molecular weight excluding hydrogens is 230 g/mol. The maximum absolute atomic E-state index is 12.2. The zero-order valence-electron chi connectivity index (χ0n) is 11.4. The molecule has 1 fully saturated rings. The molecule has 5 heteroatoms. The van der Waals surface area contributed by atoms with E-state index in [0.29, 0.717) is 5.89 Å². The number of rotatable bonds is 1. The van der Waals surface area contributed by atoms with E-state index in [4.69, 9.17) is 4.42 Å². The molecule has 18 heavy (non-hydrogen) atoms. The fraction of sp³-hybridized carbons (Fsp3) is 0.769. The molecule has 5 nitrogen and oxygen atoms in total. The van der Waals surface area contributed by atoms with Gasteiger partial charge in [0.25, 0.3) is 0 Å². The molecule has 0 N–H and O–H groups in total. The van der Waals surface area contributed by atoms with Crippen LogP contribution in [0.2, 0.25) is 0 Å². The molecule has 0 aliphatic carbocycles. The van der Waals surface area contributed by atoms with Gasteiger partial charge < -0.3 is 9.32 Å². The minimum absolute atomic E-state index is 0.125. The highest BCUT2D eigenvalue weighted by Crippen LogP contribution is 2.21. The average Bonchev–Trinajstić information content (AvgIpc) is 2.65. The molecule has 1 aliphatic heterocycles. The predicted octanol–water partition coefficient (Wildman–Crippen LogP) is 2.38. The third-order valence-corrected chi connectivity index (χ3v) is 3.14. The Hall–Kier alpha value is -1.39. The highest BCUT2D eigenvalue weighted by atomic mass is 16.4. The van der Waals surface area contributed by atoms with Crippen LogP contribution in [0.1, 0.15) is 63.0 Å². The molecule has 2 heterocycles. The molecule has 1 amide bonds. The number of carbonyl (C=O) groups is 1. The van der Waals surface area contributed by atoms with Crippen molar-refractivity contribution in [2.24, 2.45) is 0 Å². The molecule has 100 valence electrons. The Morgan fingerprint density at radius 3 is 2.22 bits per heavy atom. The van der Waals surface area contributed by atoms with E-state index in [-0.39, 0.29) is 17.2 Å². The number of nitrogens with zero attached hydrogens (tertiary/aromatic N) is 3. The van der Waals surface area contributed by atoms with Crippen molar-refractivity contribution in [1.29, 1.82) is 0 Å². The van der Waals surface area contributed by atoms with Gasteiger partial charge in [-0.25, -0.2) is 0 Å². The molecule has 1 aromatic heterocycles. The van der Waals surface area contributed by atoms with Crippen molar-refractivity contribution in [2.45, 2.75) is 51.9 Å². The molecule has 1 aromatic rings. The first-order valence-electron chi connectivity index (χ1n) is 6.62. The van der Waals surface area contributed by atoms with Gasteiger partial charge in [0, 0.05) is 18.5 Å². The van der Waals surface area contributed by atoms with Gasteiger partial charge in [0.15, 0.2) is 0 Å². The summed E-state index contributed by atoms with van der Waals surface area (Å²) in [5.74, 6) is 0.516. The van der Waals surface area contributed by atoms with Gasteiger partial charge in [0.05, 0.1) is 0 Å². The quantitative estimate of drug-likeness (QED) is 0.769. The average molecular weight is 251 g/mol. The van der Waals surface area contributed by atoms with Crippen molar-refractivity contribution in [3.05, 3.63) is 11.8 Å². The molecule has 0 radical (unpaired) electrons. The number of hydrogen-bond donors (Lipinski definition) is 0. The van der Waals surface area contributed by atoms with Gasteiger partial charge >= 0.3 is 11.8 Å². The number of likely N-dealkylation sites (tertiary alicyclic amines) is 1. The summed E-state index contributed by atoms with van der Waals surface area (Å²) in [5, 5.41) is 7.84. The second-order valence-electron chi connectivity index (χ2n) is 5.87. The summed E-state index contributed by atoms with van der Waals surface area (Å²) in [6.07, 6.45) is 4.51. The minimum atomic E-state index is -0.218. The van der Waals surface area contributed by atoms with Crippen molar-refractivity contribution in [2.75, 3.05) is 13.1 Å². The van der Waals surface area contributed by atoms with Crippen LogP contribution in [-0.4, -0.2) is 34.1 Å². The summed E-state index contributed by atoms with van der Waals surface area (Å²) in [4.78, 5) is 14.0. The third kappa shape index (κ3) is 2.89. The van der Waals surface area contributed by atoms with Gasteiger partial charge in [-0.3, -0.25) is 4.79 Å². The Bertz CT molecular complexity index is 412. The largest absolute Gasteiger partial charge is 0.416 e. The molecule has 0 spiro atoms. The topological polar surface area (TPSA) is 59.2 Å². The van der Waals surface area contributed by atoms with Gasteiger partial charge in [-0.05, 0) is 12.8 Å². The lowest BCUT2D eigenvalue weighted by Gasteiger charge is -2.17. The summed E-state index contributed by atoms with van der Waals surface area (Å²) < 4.78 is 5.49. The van der Waals surface area contributed by atoms with Crippen LogP contribution in [-0.2, 0) is 5.41 Å². The van der Waals surface area contributed by atoms with Crippen LogP contribution in [0, 0.1) is 0 Å². The van der Waals surface area contributed by atoms with E-state index in [9.17, 15) is 4.79 Å². The maximum Gasteiger partial charge on any atom is 0.311 e. The van der Waals surface area contributed by atoms with Crippen LogP contribution in [0.5, 0.6) is 0 Å². The third-order valence-electron chi connectivity index (χ3n) is 3.14. The first kappa shape index (κ1) is 13.1. The van der Waals surface area contributed by atoms with Crippen molar-refractivity contribution < 1.29 is 9.21 Å². The Morgan fingerprint density at radius 1 is 1.11 bits per heavy atom. The monoisotopic (exact) mass is 251 g/mol. The van der Waals surface area contributed by atoms with Gasteiger partial charge in [-0.2, -0.15) is 0 Å². The van der Waals surface area contributed by atoms with E-state index >= 15 is 0 Å². The van der Waals surface area contributed by atoms with E-state index in [0.717, 1.165) is 25.9 Å². The molecule has 0 saturated carbocycles. The van der Waals surface area contributed by atoms with E-state index in [1.165, 1.54) is 12.8 Å². The maximum atomic E-state index is 12.2. The van der Waals surface area contributed by atoms with Crippen LogP contribution in [0.3, 0.4) is 0 Å². The SMILES string of the molecule is CC(C)(C)c1nnc(C(=O)N2CCCCCC2)o1. The van der Waals surface area contributed by atoms with Crippen molar-refractivity contribution in [3.63, 3.8) is 0 Å². The molecule has 0 unspecified atom stereocenters. The van der Waals surface area contributed by atoms with Crippen molar-refractivity contribution >= 4 is 5.91 Å². The number of hydrogen-bond acceptors (Lipinski definition) is 4. The lowest BCUT2D eigenvalue weighted by Crippen LogP contribution is -2.32. The van der Waals surface area contributed by atoms with Crippen LogP contribution < -0.4 is 0 Å². The van der Waals surface area contributed by atoms with Crippen molar-refractivity contribution in [1.82, 2.24) is 15.1 Å². The molecular formula is C13H21N3O2. The van der Waals surface area contributed by atoms with Gasteiger partial charge in [-0.15, -0.1) is 10.2 Å². The normalized spacial score (nSPS) is 17.6. The van der Waals surface area contributed by atoms with Gasteiger partial charge in [0.1, 0.15) is 0 Å². The summed E-state index contributed by atoms with van der Waals surface area (Å²) in [6, 6.07) is 0. The van der Waals surface area contributed by atoms with E-state index in [2.05, 4.69) is 10.2 Å². The zero-order chi connectivity index (χ0) is 13.2. The van der Waals surface area contributed by atoms with Gasteiger partial charge in [0.2, 0.25) is 5.89 Å². The van der Waals surface area contributed by atoms with Crippen LogP contribution in [0.25, 0.3) is 0 Å². The smallest absolute Gasteiger partial charge is 0.311 e. The Labute approximate surface area is 108 Å². The molecule has 0 aromatic carbocycles. The highest BCUT2D eigenvalue weighted by molar-refractivity contribution is 5.89. The molecule has 0 atom stereocenters. The Balaban J connectivity index is 2.10. The summed E-state index contributed by atoms with van der Waals surface area (Å²) in [6.45, 7) is 7.56. The zero-order valence-corrected chi connectivity index (χ0v) is 11.4. The van der Waals surface area contributed by atoms with Gasteiger partial charge in [-0.1, -0.05) is 33.6 Å². The first-order chi connectivity index (χ1) is 8.48. The van der Waals surface area contributed by atoms with Crippen LogP contribution >= 0.6 is 0 Å². The predicted molar refractivity (Wildman–Crippen MR) is 67.4 cm³/mol. The van der Waals surface area contributed by atoms with E-state index in [1.54, 1.807) is 0 Å². The molecule has 2 rings (SSSR count). The standard InChI is InChI=1S/C13H21N3O2/c1-13(2,3)12-15-14-10(18-12)11(17)16-8-6-4-5-7-9-16/h4-9H2,1-3H3. The van der Waals surface area contributed by atoms with E-state index < -0.39 is 0 Å². The highest BCUT2D eigenvalue weighted by Gasteiger charge is 2.26. The molecule has 1 saturated heterocycles. The second-order valence-corrected chi connectivity index (χ2v) is 5.87. The van der Waals surface area contributed by atoms with Crippen LogP contribution in [0.4, 0.5) is 0 Å². The summed E-state index contributed by atoms with van der Waals surface area (Å²) >= 11 is 0. The lowest BCUT2D eigenvalue weighted by atomic mass is 9.97. The fourth-order valence-corrected chi connectivity index (χ4v) is 2.02. The molecule has 1 aliphatic rings. The molecule has 0 bridgehead atoms. The summed E-state index contributed by atoms with van der Waals surface area (Å²) in [7, 11) is 0. The number of amides is 1. The summed E-state index contributed by atoms with van der Waals surface area (Å²) in [5.41, 5.74) is -0.218. The lowest BCUT2D eigenvalue weighted by molar-refractivity contribution is 0.0718. The number of aromatic nitrogens is 2. The minimum Gasteiger partial charge on any atom is -0.416 e. The number of carbonyl (C=O) groups excluding carboxylic acids is 1. The van der Waals surface area contributed by atoms with Crippen LogP contribution in [0.15, 0.2) is 4.42 Å². The van der Waals surface area contributed by atoms with Crippen molar-refractivity contribution in [3.8, 4) is 0 Å². The Morgan fingerprint density at radius 2 is 1.72 bits per heavy atom. The first-order valence-corrected chi connectivity index (χ1v) is 6.62. The second kappa shape index (κ2) is 5.08. The van der Waals surface area contributed by atoms with E-state index in [1.807, 2.05) is 25.7 Å². The Kier molecular flexibility index (Phi) is 3.68.